The van der Waals surface area contributed by atoms with Gasteiger partial charge in [0, 0.05) is 31.4 Å². The predicted molar refractivity (Wildman–Crippen MR) is 140 cm³/mol. The summed E-state index contributed by atoms with van der Waals surface area (Å²) in [5.74, 6) is -2.98. The Morgan fingerprint density at radius 1 is 0.875 bits per heavy atom. The molecule has 0 N–H and O–H groups in total. The second-order valence-corrected chi connectivity index (χ2v) is 9.40. The highest BCUT2D eigenvalue weighted by molar-refractivity contribution is 6.30. The summed E-state index contributed by atoms with van der Waals surface area (Å²) in [6, 6.07) is 17.9. The first-order valence-electron chi connectivity index (χ1n) is 12.3. The lowest BCUT2D eigenvalue weighted by Crippen LogP contribution is -2.58. The average molecular weight is 571 g/mol. The summed E-state index contributed by atoms with van der Waals surface area (Å²) in [5.41, 5.74) is 2.18. The molecule has 0 radical (unpaired) electrons. The van der Waals surface area contributed by atoms with Crippen LogP contribution in [0.4, 0.5) is 0 Å². The second-order valence-electron chi connectivity index (χ2n) is 8.97. The molecule has 1 aromatic heterocycles. The van der Waals surface area contributed by atoms with E-state index in [9.17, 15) is 19.2 Å². The third-order valence-electron chi connectivity index (χ3n) is 5.83. The first kappa shape index (κ1) is 28.8. The average Bonchev–Trinajstić information content (AvgIpc) is 3.31. The Morgan fingerprint density at radius 3 is 2.12 bits per heavy atom. The Kier molecular flexibility index (Phi) is 9.18. The maximum absolute atomic E-state index is 13.5. The largest absolute Gasteiger partial charge is 0.456 e. The van der Waals surface area contributed by atoms with Crippen molar-refractivity contribution in [2.45, 2.75) is 51.9 Å². The van der Waals surface area contributed by atoms with Gasteiger partial charge in [-0.2, -0.15) is 5.10 Å². The van der Waals surface area contributed by atoms with Gasteiger partial charge >= 0.3 is 23.9 Å². The van der Waals surface area contributed by atoms with Gasteiger partial charge in [0.15, 0.2) is 12.2 Å². The number of hydrogen-bond acceptors (Lipinski definition) is 10. The number of benzene rings is 2. The number of carbonyl (C=O) groups is 4. The molecule has 1 fully saturated rings. The number of rotatable bonds is 8. The first-order valence-corrected chi connectivity index (χ1v) is 12.7. The summed E-state index contributed by atoms with van der Waals surface area (Å²) in [7, 11) is 0. The van der Waals surface area contributed by atoms with Crippen LogP contribution >= 0.6 is 11.6 Å². The molecule has 0 saturated carbocycles. The van der Waals surface area contributed by atoms with Crippen LogP contribution in [0.3, 0.4) is 0 Å². The number of halogens is 1. The number of ether oxygens (including phenoxy) is 5. The fourth-order valence-corrected chi connectivity index (χ4v) is 4.32. The quantitative estimate of drug-likeness (QED) is 0.292. The van der Waals surface area contributed by atoms with Crippen molar-refractivity contribution < 1.29 is 42.9 Å². The molecule has 0 spiro atoms. The minimum Gasteiger partial charge on any atom is -0.456 e. The van der Waals surface area contributed by atoms with Crippen LogP contribution in [0.1, 0.15) is 36.8 Å². The van der Waals surface area contributed by atoms with E-state index in [1.807, 2.05) is 30.3 Å². The van der Waals surface area contributed by atoms with Gasteiger partial charge in [0.25, 0.3) is 0 Å². The van der Waals surface area contributed by atoms with Crippen molar-refractivity contribution in [3.8, 4) is 11.3 Å². The summed E-state index contributed by atoms with van der Waals surface area (Å²) < 4.78 is 28.6. The first-order chi connectivity index (χ1) is 19.1. The van der Waals surface area contributed by atoms with Crippen molar-refractivity contribution >= 4 is 35.5 Å². The molecule has 1 aliphatic rings. The van der Waals surface area contributed by atoms with Crippen molar-refractivity contribution in [3.05, 3.63) is 76.9 Å². The lowest BCUT2D eigenvalue weighted by molar-refractivity contribution is -0.266. The Bertz CT molecular complexity index is 1370. The molecular weight excluding hydrogens is 544 g/mol. The van der Waals surface area contributed by atoms with E-state index in [1.54, 1.807) is 30.3 Å². The van der Waals surface area contributed by atoms with Gasteiger partial charge in [0.05, 0.1) is 18.8 Å². The van der Waals surface area contributed by atoms with Crippen LogP contribution in [-0.4, -0.2) is 64.9 Å². The fourth-order valence-electron chi connectivity index (χ4n) is 4.20. The molecule has 210 valence electrons. The second kappa shape index (κ2) is 12.8. The normalized spacial score (nSPS) is 20.3. The topological polar surface area (TPSA) is 132 Å². The molecule has 40 heavy (non-hydrogen) atoms. The molecule has 0 aliphatic carbocycles. The minimum atomic E-state index is -1.48. The van der Waals surface area contributed by atoms with E-state index in [0.29, 0.717) is 10.7 Å². The van der Waals surface area contributed by atoms with Gasteiger partial charge in [-0.3, -0.25) is 19.1 Å². The smallest absolute Gasteiger partial charge is 0.359 e. The number of nitrogens with zero attached hydrogens (tertiary/aromatic N) is 2. The van der Waals surface area contributed by atoms with Crippen LogP contribution in [0.5, 0.6) is 0 Å². The number of hydrogen-bond donors (Lipinski definition) is 0. The van der Waals surface area contributed by atoms with Gasteiger partial charge in [-0.25, -0.2) is 4.79 Å². The van der Waals surface area contributed by atoms with E-state index < -0.39 is 48.5 Å². The zero-order chi connectivity index (χ0) is 28.8. The van der Waals surface area contributed by atoms with Crippen LogP contribution in [0, 0.1) is 0 Å². The van der Waals surface area contributed by atoms with Crippen LogP contribution < -0.4 is 0 Å². The molecular formula is C28H27ClN2O9. The molecule has 2 aromatic carbocycles. The number of esters is 4. The molecule has 1 aliphatic heterocycles. The maximum Gasteiger partial charge on any atom is 0.359 e. The molecule has 0 bridgehead atoms. The summed E-state index contributed by atoms with van der Waals surface area (Å²) in [6.07, 6.45) is -5.27. The molecule has 3 aromatic rings. The third kappa shape index (κ3) is 7.25. The molecule has 0 unspecified atom stereocenters. The fraction of sp³-hybridized carbons (Fsp3) is 0.321. The van der Waals surface area contributed by atoms with E-state index in [-0.39, 0.29) is 18.8 Å². The van der Waals surface area contributed by atoms with Gasteiger partial charge in [0.2, 0.25) is 12.4 Å². The Labute approximate surface area is 234 Å². The highest BCUT2D eigenvalue weighted by Crippen LogP contribution is 2.27. The van der Waals surface area contributed by atoms with Crippen LogP contribution in [0.15, 0.2) is 60.7 Å². The van der Waals surface area contributed by atoms with Crippen LogP contribution in [0.25, 0.3) is 11.3 Å². The molecule has 4 atom stereocenters. The standard InChI is InChI=1S/C28H27ClN2O9/c1-16(32)37-24-15-36-28(26(39-18(3)34)25(24)38-17(2)33)40-27(35)23-13-22(20-9-11-21(29)12-10-20)30-31(23)14-19-7-5-4-6-8-19/h4-13,24-26,28H,14-15H2,1-3H3/t24-,25+,26-,28+/m1/s1. The predicted octanol–water partition coefficient (Wildman–Crippen LogP) is 3.56. The summed E-state index contributed by atoms with van der Waals surface area (Å²) in [6.45, 7) is 3.41. The number of aromatic nitrogens is 2. The highest BCUT2D eigenvalue weighted by atomic mass is 35.5. The van der Waals surface area contributed by atoms with Gasteiger partial charge in [-0.15, -0.1) is 0 Å². The molecule has 4 rings (SSSR count). The van der Waals surface area contributed by atoms with E-state index in [2.05, 4.69) is 5.10 Å². The van der Waals surface area contributed by atoms with E-state index >= 15 is 0 Å². The van der Waals surface area contributed by atoms with Gasteiger partial charge < -0.3 is 23.7 Å². The third-order valence-corrected chi connectivity index (χ3v) is 6.08. The molecule has 11 nitrogen and oxygen atoms in total. The van der Waals surface area contributed by atoms with Crippen molar-refractivity contribution in [2.75, 3.05) is 6.61 Å². The van der Waals surface area contributed by atoms with E-state index in [1.165, 1.54) is 11.6 Å². The minimum absolute atomic E-state index is 0.0881. The lowest BCUT2D eigenvalue weighted by atomic mass is 10.0. The SMILES string of the molecule is CC(=O)O[C@@H]1[C@@H](OC(C)=O)[C@H](OC(=O)c2cc(-c3ccc(Cl)cc3)nn2Cc2ccccc2)OC[C@H]1OC(C)=O. The van der Waals surface area contributed by atoms with Gasteiger partial charge in [-0.1, -0.05) is 54.1 Å². The lowest BCUT2D eigenvalue weighted by Gasteiger charge is -2.39. The zero-order valence-corrected chi connectivity index (χ0v) is 22.7. The van der Waals surface area contributed by atoms with Gasteiger partial charge in [0.1, 0.15) is 5.69 Å². The van der Waals surface area contributed by atoms with Crippen LogP contribution in [-0.2, 0) is 44.6 Å². The number of carbonyl (C=O) groups excluding carboxylic acids is 4. The Balaban J connectivity index is 1.65. The molecule has 1 saturated heterocycles. The maximum atomic E-state index is 13.5. The highest BCUT2D eigenvalue weighted by Gasteiger charge is 2.49. The zero-order valence-electron chi connectivity index (χ0n) is 21.9. The van der Waals surface area contributed by atoms with Crippen molar-refractivity contribution in [2.24, 2.45) is 0 Å². The van der Waals surface area contributed by atoms with Crippen molar-refractivity contribution in [1.82, 2.24) is 9.78 Å². The Morgan fingerprint density at radius 2 is 1.50 bits per heavy atom. The van der Waals surface area contributed by atoms with E-state index in [4.69, 9.17) is 35.3 Å². The summed E-state index contributed by atoms with van der Waals surface area (Å²) in [4.78, 5) is 48.9. The van der Waals surface area contributed by atoms with Gasteiger partial charge in [-0.05, 0) is 23.8 Å². The summed E-state index contributed by atoms with van der Waals surface area (Å²) >= 11 is 6.02. The van der Waals surface area contributed by atoms with E-state index in [0.717, 1.165) is 25.0 Å². The molecule has 12 heteroatoms. The summed E-state index contributed by atoms with van der Waals surface area (Å²) in [5, 5.41) is 5.15. The van der Waals surface area contributed by atoms with Crippen molar-refractivity contribution in [1.29, 1.82) is 0 Å². The molecule has 2 heterocycles. The monoisotopic (exact) mass is 570 g/mol. The van der Waals surface area contributed by atoms with Crippen LogP contribution in [0.2, 0.25) is 5.02 Å². The molecule has 0 amide bonds. The van der Waals surface area contributed by atoms with Crippen molar-refractivity contribution in [3.63, 3.8) is 0 Å². The Hall–Kier alpha value is -4.22.